The Bertz CT molecular complexity index is 588. The van der Waals surface area contributed by atoms with E-state index < -0.39 is 0 Å². The molecule has 0 aliphatic heterocycles. The van der Waals surface area contributed by atoms with Crippen molar-refractivity contribution in [2.75, 3.05) is 7.05 Å². The molecule has 0 fully saturated rings. The van der Waals surface area contributed by atoms with Gasteiger partial charge in [0.05, 0.1) is 0 Å². The van der Waals surface area contributed by atoms with E-state index in [4.69, 9.17) is 16.3 Å². The highest BCUT2D eigenvalue weighted by atomic mass is 35.5. The first-order valence-corrected chi connectivity index (χ1v) is 6.82. The van der Waals surface area contributed by atoms with Gasteiger partial charge in [0.1, 0.15) is 6.61 Å². The van der Waals surface area contributed by atoms with Crippen molar-refractivity contribution in [3.05, 3.63) is 64.4 Å². The summed E-state index contributed by atoms with van der Waals surface area (Å²) in [6, 6.07) is 12.4. The van der Waals surface area contributed by atoms with Crippen molar-refractivity contribution in [3.8, 4) is 5.75 Å². The molecule has 20 heavy (non-hydrogen) atoms. The van der Waals surface area contributed by atoms with Crippen LogP contribution >= 0.6 is 11.6 Å². The first-order chi connectivity index (χ1) is 9.60. The van der Waals surface area contributed by atoms with E-state index in [0.29, 0.717) is 11.6 Å². The van der Waals surface area contributed by atoms with Gasteiger partial charge in [-0.05, 0) is 49.4 Å². The van der Waals surface area contributed by atoms with Gasteiger partial charge in [-0.15, -0.1) is 0 Å². The van der Waals surface area contributed by atoms with Crippen molar-refractivity contribution in [2.24, 2.45) is 0 Å². The van der Waals surface area contributed by atoms with Gasteiger partial charge >= 0.3 is 0 Å². The molecule has 1 unspecified atom stereocenters. The van der Waals surface area contributed by atoms with Crippen LogP contribution in [-0.4, -0.2) is 7.05 Å². The second-order valence-corrected chi connectivity index (χ2v) is 5.06. The van der Waals surface area contributed by atoms with Gasteiger partial charge in [0.15, 0.2) is 11.6 Å². The van der Waals surface area contributed by atoms with Crippen LogP contribution in [0.25, 0.3) is 0 Å². The summed E-state index contributed by atoms with van der Waals surface area (Å²) in [6.07, 6.45) is 0. The predicted octanol–water partition coefficient (Wildman–Crippen LogP) is 4.34. The summed E-state index contributed by atoms with van der Waals surface area (Å²) in [5.74, 6) is -0.108. The van der Waals surface area contributed by atoms with E-state index in [1.807, 2.05) is 32.2 Å². The number of ether oxygens (including phenoxy) is 1. The third-order valence-electron chi connectivity index (χ3n) is 3.17. The molecule has 2 aromatic rings. The largest absolute Gasteiger partial charge is 0.486 e. The van der Waals surface area contributed by atoms with E-state index in [1.54, 1.807) is 18.2 Å². The Hall–Kier alpha value is -1.58. The van der Waals surface area contributed by atoms with Gasteiger partial charge < -0.3 is 10.1 Å². The SMILES string of the molecule is CNC(C)c1ccc(OCc2cccc(Cl)c2)c(F)c1. The summed E-state index contributed by atoms with van der Waals surface area (Å²) in [5, 5.41) is 3.71. The fourth-order valence-corrected chi connectivity index (χ4v) is 2.07. The molecule has 106 valence electrons. The lowest BCUT2D eigenvalue weighted by Gasteiger charge is -2.13. The summed E-state index contributed by atoms with van der Waals surface area (Å²) < 4.78 is 19.4. The lowest BCUT2D eigenvalue weighted by molar-refractivity contribution is 0.290. The van der Waals surface area contributed by atoms with Crippen LogP contribution < -0.4 is 10.1 Å². The van der Waals surface area contributed by atoms with Crippen LogP contribution in [0.3, 0.4) is 0 Å². The minimum absolute atomic E-state index is 0.103. The molecule has 1 atom stereocenters. The van der Waals surface area contributed by atoms with E-state index >= 15 is 0 Å². The maximum atomic E-state index is 13.9. The molecule has 0 saturated heterocycles. The summed E-state index contributed by atoms with van der Waals surface area (Å²) in [4.78, 5) is 0. The molecule has 2 aromatic carbocycles. The Labute approximate surface area is 123 Å². The van der Waals surface area contributed by atoms with Crippen molar-refractivity contribution < 1.29 is 9.13 Å². The maximum Gasteiger partial charge on any atom is 0.165 e. The molecule has 4 heteroatoms. The smallest absolute Gasteiger partial charge is 0.165 e. The highest BCUT2D eigenvalue weighted by Gasteiger charge is 2.08. The minimum Gasteiger partial charge on any atom is -0.486 e. The van der Waals surface area contributed by atoms with E-state index in [2.05, 4.69) is 5.32 Å². The summed E-state index contributed by atoms with van der Waals surface area (Å²) in [5.41, 5.74) is 1.80. The summed E-state index contributed by atoms with van der Waals surface area (Å²) >= 11 is 5.89. The van der Waals surface area contributed by atoms with Crippen LogP contribution in [0.5, 0.6) is 5.75 Å². The average Bonchev–Trinajstić information content (AvgIpc) is 2.45. The molecule has 0 aromatic heterocycles. The van der Waals surface area contributed by atoms with E-state index in [0.717, 1.165) is 11.1 Å². The molecule has 0 saturated carbocycles. The standard InChI is InChI=1S/C16H17ClFNO/c1-11(19-2)13-6-7-16(15(18)9-13)20-10-12-4-3-5-14(17)8-12/h3-9,11,19H,10H2,1-2H3. The van der Waals surface area contributed by atoms with Gasteiger partial charge in [-0.3, -0.25) is 0 Å². The average molecular weight is 294 g/mol. The molecule has 1 N–H and O–H groups in total. The molecule has 2 nitrogen and oxygen atoms in total. The summed E-state index contributed by atoms with van der Waals surface area (Å²) in [6.45, 7) is 2.26. The lowest BCUT2D eigenvalue weighted by Crippen LogP contribution is -2.12. The van der Waals surface area contributed by atoms with Crippen molar-refractivity contribution in [1.29, 1.82) is 0 Å². The Morgan fingerprint density at radius 1 is 1.25 bits per heavy atom. The number of rotatable bonds is 5. The Balaban J connectivity index is 2.07. The summed E-state index contributed by atoms with van der Waals surface area (Å²) in [7, 11) is 1.84. The second kappa shape index (κ2) is 6.73. The number of halogens is 2. The maximum absolute atomic E-state index is 13.9. The minimum atomic E-state index is -0.355. The van der Waals surface area contributed by atoms with E-state index in [1.165, 1.54) is 6.07 Å². The first-order valence-electron chi connectivity index (χ1n) is 6.44. The van der Waals surface area contributed by atoms with Crippen molar-refractivity contribution >= 4 is 11.6 Å². The van der Waals surface area contributed by atoms with Crippen LogP contribution in [0.2, 0.25) is 5.02 Å². The topological polar surface area (TPSA) is 21.3 Å². The Morgan fingerprint density at radius 2 is 2.05 bits per heavy atom. The van der Waals surface area contributed by atoms with Crippen LogP contribution in [0, 0.1) is 5.82 Å². The zero-order chi connectivity index (χ0) is 14.5. The molecular formula is C16H17ClFNO. The normalized spacial score (nSPS) is 12.2. The Kier molecular flexibility index (Phi) is 4.99. The number of hydrogen-bond acceptors (Lipinski definition) is 2. The zero-order valence-electron chi connectivity index (χ0n) is 11.5. The van der Waals surface area contributed by atoms with Gasteiger partial charge in [0, 0.05) is 11.1 Å². The van der Waals surface area contributed by atoms with Gasteiger partial charge in [-0.1, -0.05) is 29.8 Å². The monoisotopic (exact) mass is 293 g/mol. The number of nitrogens with one attached hydrogen (secondary N) is 1. The quantitative estimate of drug-likeness (QED) is 0.885. The van der Waals surface area contributed by atoms with Crippen LogP contribution in [-0.2, 0) is 6.61 Å². The van der Waals surface area contributed by atoms with Crippen molar-refractivity contribution in [2.45, 2.75) is 19.6 Å². The molecule has 0 heterocycles. The van der Waals surface area contributed by atoms with Crippen molar-refractivity contribution in [1.82, 2.24) is 5.32 Å². The molecular weight excluding hydrogens is 277 g/mol. The lowest BCUT2D eigenvalue weighted by atomic mass is 10.1. The predicted molar refractivity (Wildman–Crippen MR) is 79.7 cm³/mol. The molecule has 0 bridgehead atoms. The van der Waals surface area contributed by atoms with Crippen LogP contribution in [0.4, 0.5) is 4.39 Å². The molecule has 2 rings (SSSR count). The van der Waals surface area contributed by atoms with E-state index in [9.17, 15) is 4.39 Å². The molecule has 0 spiro atoms. The first kappa shape index (κ1) is 14.8. The van der Waals surface area contributed by atoms with Crippen LogP contribution in [0.15, 0.2) is 42.5 Å². The molecule has 0 radical (unpaired) electrons. The number of hydrogen-bond donors (Lipinski definition) is 1. The van der Waals surface area contributed by atoms with Gasteiger partial charge in [-0.2, -0.15) is 0 Å². The van der Waals surface area contributed by atoms with Gasteiger partial charge in [0.2, 0.25) is 0 Å². The third kappa shape index (κ3) is 3.71. The van der Waals surface area contributed by atoms with Gasteiger partial charge in [0.25, 0.3) is 0 Å². The molecule has 0 aliphatic rings. The molecule has 0 aliphatic carbocycles. The second-order valence-electron chi connectivity index (χ2n) is 4.62. The fraction of sp³-hybridized carbons (Fsp3) is 0.250. The van der Waals surface area contributed by atoms with E-state index in [-0.39, 0.29) is 17.6 Å². The zero-order valence-corrected chi connectivity index (χ0v) is 12.2. The Morgan fingerprint density at radius 3 is 2.70 bits per heavy atom. The van der Waals surface area contributed by atoms with Gasteiger partial charge in [-0.25, -0.2) is 4.39 Å². The fourth-order valence-electron chi connectivity index (χ4n) is 1.86. The highest BCUT2D eigenvalue weighted by Crippen LogP contribution is 2.23. The molecule has 0 amide bonds. The van der Waals surface area contributed by atoms with Crippen LogP contribution in [0.1, 0.15) is 24.1 Å². The van der Waals surface area contributed by atoms with Crippen molar-refractivity contribution in [3.63, 3.8) is 0 Å². The third-order valence-corrected chi connectivity index (χ3v) is 3.41. The highest BCUT2D eigenvalue weighted by molar-refractivity contribution is 6.30. The number of benzene rings is 2.